The summed E-state index contributed by atoms with van der Waals surface area (Å²) in [6.07, 6.45) is 2.88. The molecule has 2 N–H and O–H groups in total. The molecule has 0 spiro atoms. The lowest BCUT2D eigenvalue weighted by atomic mass is 9.98. The van der Waals surface area contributed by atoms with Gasteiger partial charge < -0.3 is 24.8 Å². The van der Waals surface area contributed by atoms with Crippen LogP contribution in [0.2, 0.25) is 0 Å². The van der Waals surface area contributed by atoms with Gasteiger partial charge in [-0.1, -0.05) is 18.2 Å². The lowest BCUT2D eigenvalue weighted by Crippen LogP contribution is -2.52. The third-order valence-corrected chi connectivity index (χ3v) is 5.57. The van der Waals surface area contributed by atoms with Crippen molar-refractivity contribution in [1.29, 1.82) is 0 Å². The summed E-state index contributed by atoms with van der Waals surface area (Å²) in [5, 5.41) is 12.9. The number of aliphatic hydroxyl groups is 1. The van der Waals surface area contributed by atoms with E-state index >= 15 is 0 Å². The minimum absolute atomic E-state index is 0.0720. The van der Waals surface area contributed by atoms with E-state index in [1.54, 1.807) is 60.8 Å². The third-order valence-electron chi connectivity index (χ3n) is 5.57. The van der Waals surface area contributed by atoms with Crippen molar-refractivity contribution in [3.05, 3.63) is 89.7 Å². The number of methoxy groups -OCH3 is 1. The summed E-state index contributed by atoms with van der Waals surface area (Å²) in [4.78, 5) is 30.7. The number of hydrogen-bond acceptors (Lipinski definition) is 6. The van der Waals surface area contributed by atoms with E-state index in [1.165, 1.54) is 0 Å². The van der Waals surface area contributed by atoms with Crippen LogP contribution in [0.4, 0.5) is 5.69 Å². The zero-order valence-electron chi connectivity index (χ0n) is 18.2. The molecule has 2 aromatic carbocycles. The zero-order valence-corrected chi connectivity index (χ0v) is 18.2. The van der Waals surface area contributed by atoms with E-state index in [0.717, 1.165) is 11.1 Å². The number of ether oxygens (including phenoxy) is 2. The maximum Gasteiger partial charge on any atom is 0.255 e. The molecule has 0 saturated carbocycles. The predicted molar refractivity (Wildman–Crippen MR) is 122 cm³/mol. The van der Waals surface area contributed by atoms with Crippen LogP contribution in [0.15, 0.2) is 73.1 Å². The van der Waals surface area contributed by atoms with Crippen LogP contribution in [0, 0.1) is 0 Å². The van der Waals surface area contributed by atoms with Crippen molar-refractivity contribution >= 4 is 17.5 Å². The van der Waals surface area contributed by atoms with Crippen molar-refractivity contribution in [3.8, 4) is 5.75 Å². The molecule has 1 aliphatic heterocycles. The second-order valence-electron chi connectivity index (χ2n) is 7.67. The largest absolute Gasteiger partial charge is 0.497 e. The van der Waals surface area contributed by atoms with Gasteiger partial charge in [0, 0.05) is 30.2 Å². The first-order valence-electron chi connectivity index (χ1n) is 10.5. The molecule has 0 bridgehead atoms. The van der Waals surface area contributed by atoms with Gasteiger partial charge in [0.2, 0.25) is 5.91 Å². The molecule has 170 valence electrons. The van der Waals surface area contributed by atoms with Gasteiger partial charge in [-0.3, -0.25) is 14.6 Å². The highest BCUT2D eigenvalue weighted by Gasteiger charge is 2.37. The van der Waals surface area contributed by atoms with Gasteiger partial charge in [0.25, 0.3) is 5.91 Å². The Labute approximate surface area is 191 Å². The summed E-state index contributed by atoms with van der Waals surface area (Å²) in [5.41, 5.74) is 2.82. The lowest BCUT2D eigenvalue weighted by molar-refractivity contribution is -0.162. The quantitative estimate of drug-likeness (QED) is 0.578. The first-order valence-corrected chi connectivity index (χ1v) is 10.5. The molecule has 33 heavy (non-hydrogen) atoms. The van der Waals surface area contributed by atoms with Gasteiger partial charge in [-0.15, -0.1) is 0 Å². The highest BCUT2D eigenvalue weighted by molar-refractivity contribution is 6.04. The highest BCUT2D eigenvalue weighted by Crippen LogP contribution is 2.31. The van der Waals surface area contributed by atoms with Gasteiger partial charge in [-0.25, -0.2) is 0 Å². The van der Waals surface area contributed by atoms with Crippen molar-refractivity contribution in [3.63, 3.8) is 0 Å². The fourth-order valence-electron chi connectivity index (χ4n) is 3.81. The third kappa shape index (κ3) is 5.19. The average molecular weight is 447 g/mol. The topological polar surface area (TPSA) is 101 Å². The fourth-order valence-corrected chi connectivity index (χ4v) is 3.81. The monoisotopic (exact) mass is 447 g/mol. The number of carbonyl (C=O) groups is 2. The number of aliphatic hydroxyl groups excluding tert-OH is 1. The number of aromatic nitrogens is 1. The fraction of sp³-hybridized carbons (Fsp3) is 0.240. The Balaban J connectivity index is 1.46. The molecule has 0 radical (unpaired) electrons. The molecule has 4 rings (SSSR count). The molecular weight excluding hydrogens is 422 g/mol. The van der Waals surface area contributed by atoms with Crippen LogP contribution < -0.4 is 10.1 Å². The summed E-state index contributed by atoms with van der Waals surface area (Å²) >= 11 is 0. The van der Waals surface area contributed by atoms with Gasteiger partial charge >= 0.3 is 0 Å². The number of morpholine rings is 1. The highest BCUT2D eigenvalue weighted by atomic mass is 16.5. The summed E-state index contributed by atoms with van der Waals surface area (Å²) in [6.45, 7) is 0.0256. The van der Waals surface area contributed by atoms with E-state index in [1.807, 2.05) is 24.3 Å². The number of nitrogens with zero attached hydrogens (tertiary/aromatic N) is 2. The van der Waals surface area contributed by atoms with Gasteiger partial charge in [-0.2, -0.15) is 0 Å². The molecule has 1 fully saturated rings. The first kappa shape index (κ1) is 22.4. The molecule has 3 aromatic rings. The van der Waals surface area contributed by atoms with Crippen LogP contribution in [0.25, 0.3) is 0 Å². The molecule has 8 nitrogen and oxygen atoms in total. The van der Waals surface area contributed by atoms with Gasteiger partial charge in [-0.05, 0) is 53.6 Å². The van der Waals surface area contributed by atoms with Crippen molar-refractivity contribution in [1.82, 2.24) is 9.88 Å². The Hall–Kier alpha value is -3.75. The molecule has 2 amide bonds. The number of carbonyl (C=O) groups excluding carboxylic acids is 2. The maximum atomic E-state index is 12.5. The Kier molecular flexibility index (Phi) is 6.97. The second kappa shape index (κ2) is 10.2. The number of hydrogen-bond donors (Lipinski definition) is 2. The number of amides is 2. The zero-order chi connectivity index (χ0) is 23.2. The average Bonchev–Trinajstić information content (AvgIpc) is 2.86. The van der Waals surface area contributed by atoms with E-state index in [2.05, 4.69) is 10.3 Å². The van der Waals surface area contributed by atoms with Gasteiger partial charge in [0.15, 0.2) is 0 Å². The second-order valence-corrected chi connectivity index (χ2v) is 7.67. The van der Waals surface area contributed by atoms with Crippen LogP contribution in [0.5, 0.6) is 5.75 Å². The number of nitrogens with one attached hydrogen (secondary N) is 1. The maximum absolute atomic E-state index is 12.5. The number of pyridine rings is 1. The van der Waals surface area contributed by atoms with E-state index in [4.69, 9.17) is 9.47 Å². The Morgan fingerprint density at radius 1 is 1.18 bits per heavy atom. The van der Waals surface area contributed by atoms with Crippen LogP contribution in [0.3, 0.4) is 0 Å². The molecule has 2 heterocycles. The SMILES string of the molecule is COc1ccc(C(=O)Nc2ccc([C@H]3OCC(=O)N(Cc4cccnc4)[C@@H]3CO)cc2)cc1. The van der Waals surface area contributed by atoms with E-state index < -0.39 is 12.1 Å². The molecule has 1 saturated heterocycles. The minimum atomic E-state index is -0.536. The van der Waals surface area contributed by atoms with Crippen molar-refractivity contribution in [2.45, 2.75) is 18.7 Å². The minimum Gasteiger partial charge on any atom is -0.497 e. The molecule has 0 aliphatic carbocycles. The molecular formula is C25H25N3O5. The summed E-state index contributed by atoms with van der Waals surface area (Å²) in [6, 6.07) is 17.2. The molecule has 8 heteroatoms. The number of rotatable bonds is 7. The van der Waals surface area contributed by atoms with E-state index in [-0.39, 0.29) is 25.0 Å². The molecule has 1 aliphatic rings. The predicted octanol–water partition coefficient (Wildman–Crippen LogP) is 2.80. The van der Waals surface area contributed by atoms with Crippen molar-refractivity contribution < 1.29 is 24.2 Å². The summed E-state index contributed by atoms with van der Waals surface area (Å²) < 4.78 is 10.9. The number of anilines is 1. The standard InChI is InChI=1S/C25H25N3O5/c1-32-21-10-6-19(7-11-21)25(31)27-20-8-4-18(5-9-20)24-22(15-29)28(23(30)16-33-24)14-17-3-2-12-26-13-17/h2-13,22,24,29H,14-16H2,1H3,(H,27,31)/t22-,24-/m1/s1. The van der Waals surface area contributed by atoms with Crippen LogP contribution in [-0.2, 0) is 16.1 Å². The van der Waals surface area contributed by atoms with E-state index in [9.17, 15) is 14.7 Å². The molecule has 2 atom stereocenters. The van der Waals surface area contributed by atoms with Crippen molar-refractivity contribution in [2.24, 2.45) is 0 Å². The molecule has 1 aromatic heterocycles. The summed E-state index contributed by atoms with van der Waals surface area (Å²) in [5.74, 6) is 0.260. The van der Waals surface area contributed by atoms with Crippen molar-refractivity contribution in [2.75, 3.05) is 25.6 Å². The van der Waals surface area contributed by atoms with Crippen LogP contribution in [-0.4, -0.2) is 53.2 Å². The molecule has 0 unspecified atom stereocenters. The Morgan fingerprint density at radius 3 is 2.58 bits per heavy atom. The smallest absolute Gasteiger partial charge is 0.255 e. The normalized spacial score (nSPS) is 18.1. The van der Waals surface area contributed by atoms with Crippen LogP contribution >= 0.6 is 0 Å². The van der Waals surface area contributed by atoms with E-state index in [0.29, 0.717) is 23.5 Å². The number of benzene rings is 2. The Morgan fingerprint density at radius 2 is 1.94 bits per heavy atom. The first-order chi connectivity index (χ1) is 16.1. The van der Waals surface area contributed by atoms with Crippen LogP contribution in [0.1, 0.15) is 27.6 Å². The van der Waals surface area contributed by atoms with Gasteiger partial charge in [0.1, 0.15) is 18.5 Å². The summed E-state index contributed by atoms with van der Waals surface area (Å²) in [7, 11) is 1.57. The lowest BCUT2D eigenvalue weighted by Gasteiger charge is -2.40. The van der Waals surface area contributed by atoms with Gasteiger partial charge in [0.05, 0.1) is 19.8 Å². The Bertz CT molecular complexity index is 1090.